The van der Waals surface area contributed by atoms with Crippen molar-refractivity contribution in [2.45, 2.75) is 58.2 Å². The van der Waals surface area contributed by atoms with E-state index in [0.717, 1.165) is 19.0 Å². The van der Waals surface area contributed by atoms with Gasteiger partial charge in [0.05, 0.1) is 12.2 Å². The van der Waals surface area contributed by atoms with E-state index in [4.69, 9.17) is 4.74 Å². The van der Waals surface area contributed by atoms with Crippen LogP contribution in [0.3, 0.4) is 0 Å². The second-order valence-electron chi connectivity index (χ2n) is 5.83. The topological polar surface area (TPSA) is 21.3 Å². The standard InChI is InChI=1S/C18H29NO/c1-3-15-10-8-9-13-17(15)20-18(14-19-4-2)16-11-6-5-7-12-16/h5-7,11-12,15,17-19H,3-4,8-10,13-14H2,1-2H3. The minimum absolute atomic E-state index is 0.188. The zero-order chi connectivity index (χ0) is 14.2. The fraction of sp³-hybridized carbons (Fsp3) is 0.667. The molecule has 0 amide bonds. The second-order valence-corrected chi connectivity index (χ2v) is 5.83. The van der Waals surface area contributed by atoms with Crippen LogP contribution in [-0.2, 0) is 4.74 Å². The highest BCUT2D eigenvalue weighted by Crippen LogP contribution is 2.32. The molecule has 2 heteroatoms. The number of hydrogen-bond donors (Lipinski definition) is 1. The van der Waals surface area contributed by atoms with Crippen molar-refractivity contribution in [2.24, 2.45) is 5.92 Å². The Bertz CT molecular complexity index is 365. The number of benzene rings is 1. The highest BCUT2D eigenvalue weighted by Gasteiger charge is 2.27. The van der Waals surface area contributed by atoms with E-state index >= 15 is 0 Å². The summed E-state index contributed by atoms with van der Waals surface area (Å²) in [5.41, 5.74) is 1.30. The summed E-state index contributed by atoms with van der Waals surface area (Å²) >= 11 is 0. The molecule has 1 aromatic rings. The molecular formula is C18H29NO. The summed E-state index contributed by atoms with van der Waals surface area (Å²) in [5.74, 6) is 0.747. The van der Waals surface area contributed by atoms with Crippen LogP contribution in [0.4, 0.5) is 0 Å². The zero-order valence-corrected chi connectivity index (χ0v) is 13.0. The summed E-state index contributed by atoms with van der Waals surface area (Å²) in [6.45, 7) is 6.35. The predicted molar refractivity (Wildman–Crippen MR) is 84.8 cm³/mol. The normalized spacial score (nSPS) is 24.5. The summed E-state index contributed by atoms with van der Waals surface area (Å²) in [6, 6.07) is 10.7. The molecule has 1 fully saturated rings. The van der Waals surface area contributed by atoms with E-state index in [1.165, 1.54) is 37.7 Å². The Kier molecular flexibility index (Phi) is 6.55. The van der Waals surface area contributed by atoms with E-state index in [0.29, 0.717) is 6.10 Å². The smallest absolute Gasteiger partial charge is 0.0953 e. The molecule has 0 bridgehead atoms. The molecule has 112 valence electrons. The first-order valence-electron chi connectivity index (χ1n) is 8.26. The van der Waals surface area contributed by atoms with E-state index in [-0.39, 0.29) is 6.10 Å². The lowest BCUT2D eigenvalue weighted by Crippen LogP contribution is -2.32. The fourth-order valence-electron chi connectivity index (χ4n) is 3.22. The van der Waals surface area contributed by atoms with Crippen molar-refractivity contribution in [3.63, 3.8) is 0 Å². The molecule has 1 aliphatic carbocycles. The molecule has 1 N–H and O–H groups in total. The SMILES string of the molecule is CCNCC(OC1CCCCC1CC)c1ccccc1. The molecule has 3 atom stereocenters. The Morgan fingerprint density at radius 3 is 2.60 bits per heavy atom. The third kappa shape index (κ3) is 4.32. The summed E-state index contributed by atoms with van der Waals surface area (Å²) in [4.78, 5) is 0. The van der Waals surface area contributed by atoms with Crippen LogP contribution >= 0.6 is 0 Å². The molecule has 1 saturated carbocycles. The molecule has 0 aliphatic heterocycles. The van der Waals surface area contributed by atoms with Gasteiger partial charge in [0.15, 0.2) is 0 Å². The van der Waals surface area contributed by atoms with Gasteiger partial charge >= 0.3 is 0 Å². The molecule has 3 unspecified atom stereocenters. The lowest BCUT2D eigenvalue weighted by atomic mass is 9.84. The Hall–Kier alpha value is -0.860. The predicted octanol–water partition coefficient (Wildman–Crippen LogP) is 4.32. The molecule has 0 heterocycles. The Morgan fingerprint density at radius 1 is 1.15 bits per heavy atom. The average Bonchev–Trinajstić information content (AvgIpc) is 2.52. The first-order valence-corrected chi connectivity index (χ1v) is 8.26. The van der Waals surface area contributed by atoms with Crippen molar-refractivity contribution in [3.8, 4) is 0 Å². The van der Waals surface area contributed by atoms with Crippen molar-refractivity contribution in [3.05, 3.63) is 35.9 Å². The lowest BCUT2D eigenvalue weighted by Gasteiger charge is -2.34. The molecule has 2 nitrogen and oxygen atoms in total. The molecule has 0 saturated heterocycles. The third-order valence-corrected chi connectivity index (χ3v) is 4.45. The van der Waals surface area contributed by atoms with E-state index in [2.05, 4.69) is 49.5 Å². The fourth-order valence-corrected chi connectivity index (χ4v) is 3.22. The number of nitrogens with one attached hydrogen (secondary N) is 1. The highest BCUT2D eigenvalue weighted by atomic mass is 16.5. The van der Waals surface area contributed by atoms with Crippen LogP contribution < -0.4 is 5.32 Å². The molecule has 1 aliphatic rings. The highest BCUT2D eigenvalue weighted by molar-refractivity contribution is 5.18. The number of likely N-dealkylation sites (N-methyl/N-ethyl adjacent to an activating group) is 1. The third-order valence-electron chi connectivity index (χ3n) is 4.45. The van der Waals surface area contributed by atoms with Crippen LogP contribution in [0.5, 0.6) is 0 Å². The first-order chi connectivity index (χ1) is 9.85. The largest absolute Gasteiger partial charge is 0.369 e. The quantitative estimate of drug-likeness (QED) is 0.800. The van der Waals surface area contributed by atoms with Crippen LogP contribution in [0.1, 0.15) is 57.6 Å². The number of ether oxygens (including phenoxy) is 1. The van der Waals surface area contributed by atoms with Crippen molar-refractivity contribution in [1.29, 1.82) is 0 Å². The van der Waals surface area contributed by atoms with Gasteiger partial charge in [0.1, 0.15) is 0 Å². The Balaban J connectivity index is 2.03. The molecule has 0 aromatic heterocycles. The van der Waals surface area contributed by atoms with E-state index < -0.39 is 0 Å². The molecule has 2 rings (SSSR count). The van der Waals surface area contributed by atoms with E-state index in [1.807, 2.05) is 0 Å². The monoisotopic (exact) mass is 275 g/mol. The summed E-state index contributed by atoms with van der Waals surface area (Å²) in [5, 5.41) is 3.44. The minimum atomic E-state index is 0.188. The van der Waals surface area contributed by atoms with Gasteiger partial charge in [-0.25, -0.2) is 0 Å². The van der Waals surface area contributed by atoms with Crippen LogP contribution in [0, 0.1) is 5.92 Å². The van der Waals surface area contributed by atoms with Crippen LogP contribution in [-0.4, -0.2) is 19.2 Å². The van der Waals surface area contributed by atoms with Gasteiger partial charge in [-0.15, -0.1) is 0 Å². The minimum Gasteiger partial charge on any atom is -0.369 e. The average molecular weight is 275 g/mol. The van der Waals surface area contributed by atoms with Crippen molar-refractivity contribution < 1.29 is 4.74 Å². The van der Waals surface area contributed by atoms with Crippen LogP contribution in [0.2, 0.25) is 0 Å². The van der Waals surface area contributed by atoms with Gasteiger partial charge in [0.25, 0.3) is 0 Å². The van der Waals surface area contributed by atoms with Crippen molar-refractivity contribution >= 4 is 0 Å². The maximum atomic E-state index is 6.52. The van der Waals surface area contributed by atoms with E-state index in [9.17, 15) is 0 Å². The molecular weight excluding hydrogens is 246 g/mol. The summed E-state index contributed by atoms with van der Waals surface area (Å²) in [7, 11) is 0. The lowest BCUT2D eigenvalue weighted by molar-refractivity contribution is -0.0614. The van der Waals surface area contributed by atoms with Gasteiger partial charge in [-0.2, -0.15) is 0 Å². The number of rotatable bonds is 7. The Morgan fingerprint density at radius 2 is 1.90 bits per heavy atom. The zero-order valence-electron chi connectivity index (χ0n) is 13.0. The maximum absolute atomic E-state index is 6.52. The summed E-state index contributed by atoms with van der Waals surface area (Å²) in [6.07, 6.45) is 7.14. The van der Waals surface area contributed by atoms with Gasteiger partial charge in [0.2, 0.25) is 0 Å². The van der Waals surface area contributed by atoms with Gasteiger partial charge in [0, 0.05) is 6.54 Å². The van der Waals surface area contributed by atoms with E-state index in [1.54, 1.807) is 0 Å². The molecule has 20 heavy (non-hydrogen) atoms. The Labute approximate surface area is 123 Å². The van der Waals surface area contributed by atoms with Crippen molar-refractivity contribution in [1.82, 2.24) is 5.32 Å². The molecule has 0 radical (unpaired) electrons. The van der Waals surface area contributed by atoms with Crippen molar-refractivity contribution in [2.75, 3.05) is 13.1 Å². The maximum Gasteiger partial charge on any atom is 0.0953 e. The van der Waals surface area contributed by atoms with Gasteiger partial charge in [-0.1, -0.05) is 63.4 Å². The number of hydrogen-bond acceptors (Lipinski definition) is 2. The van der Waals surface area contributed by atoms with Crippen LogP contribution in [0.25, 0.3) is 0 Å². The summed E-state index contributed by atoms with van der Waals surface area (Å²) < 4.78 is 6.52. The van der Waals surface area contributed by atoms with Gasteiger partial charge in [-0.05, 0) is 30.9 Å². The van der Waals surface area contributed by atoms with Gasteiger partial charge in [-0.3, -0.25) is 0 Å². The molecule has 1 aromatic carbocycles. The van der Waals surface area contributed by atoms with Gasteiger partial charge < -0.3 is 10.1 Å². The molecule has 0 spiro atoms. The second kappa shape index (κ2) is 8.43. The first kappa shape index (κ1) is 15.5. The van der Waals surface area contributed by atoms with Crippen LogP contribution in [0.15, 0.2) is 30.3 Å².